The molecule has 2 aromatic carbocycles. The highest BCUT2D eigenvalue weighted by atomic mass is 16.5. The van der Waals surface area contributed by atoms with Gasteiger partial charge in [-0.2, -0.15) is 0 Å². The van der Waals surface area contributed by atoms with Crippen molar-refractivity contribution in [3.05, 3.63) is 59.2 Å². The SMILES string of the molecule is CC[C@@H](NC(=O)COc1ccccc1OC)c1ccc2c(c1)CCCC2. The lowest BCUT2D eigenvalue weighted by atomic mass is 9.89. The standard InChI is InChI=1S/C22H27NO3/c1-3-19(18-13-12-16-8-4-5-9-17(16)14-18)23-22(24)15-26-21-11-7-6-10-20(21)25-2/h6-7,10-14,19H,3-5,8-9,15H2,1-2H3,(H,23,24)/t19-/m1/s1. The van der Waals surface area contributed by atoms with Crippen LogP contribution in [0.1, 0.15) is 48.9 Å². The summed E-state index contributed by atoms with van der Waals surface area (Å²) in [5, 5.41) is 3.09. The van der Waals surface area contributed by atoms with E-state index in [1.165, 1.54) is 36.0 Å². The smallest absolute Gasteiger partial charge is 0.258 e. The minimum absolute atomic E-state index is 0.0102. The first kappa shape index (κ1) is 18.3. The second kappa shape index (κ2) is 8.75. The van der Waals surface area contributed by atoms with E-state index in [4.69, 9.17) is 9.47 Å². The Bertz CT molecular complexity index is 757. The van der Waals surface area contributed by atoms with E-state index in [1.54, 1.807) is 13.2 Å². The van der Waals surface area contributed by atoms with E-state index in [0.29, 0.717) is 11.5 Å². The van der Waals surface area contributed by atoms with Gasteiger partial charge in [-0.25, -0.2) is 0 Å². The van der Waals surface area contributed by atoms with E-state index in [9.17, 15) is 4.79 Å². The number of aryl methyl sites for hydroxylation is 2. The highest BCUT2D eigenvalue weighted by Gasteiger charge is 2.17. The number of carbonyl (C=O) groups excluding carboxylic acids is 1. The summed E-state index contributed by atoms with van der Waals surface area (Å²) in [5.74, 6) is 1.08. The summed E-state index contributed by atoms with van der Waals surface area (Å²) in [7, 11) is 1.59. The van der Waals surface area contributed by atoms with Crippen LogP contribution in [0.2, 0.25) is 0 Å². The fourth-order valence-corrected chi connectivity index (χ4v) is 3.51. The zero-order valence-corrected chi connectivity index (χ0v) is 15.6. The van der Waals surface area contributed by atoms with E-state index >= 15 is 0 Å². The number of amides is 1. The van der Waals surface area contributed by atoms with Crippen LogP contribution in [0.5, 0.6) is 11.5 Å². The molecule has 0 saturated heterocycles. The summed E-state index contributed by atoms with van der Waals surface area (Å²) in [6.07, 6.45) is 5.70. The Kier molecular flexibility index (Phi) is 6.16. The Morgan fingerprint density at radius 2 is 1.81 bits per heavy atom. The summed E-state index contributed by atoms with van der Waals surface area (Å²) >= 11 is 0. The van der Waals surface area contributed by atoms with Crippen LogP contribution in [0.15, 0.2) is 42.5 Å². The molecule has 0 spiro atoms. The molecule has 0 bridgehead atoms. The molecule has 1 aliphatic carbocycles. The van der Waals surface area contributed by atoms with Crippen molar-refractivity contribution in [2.24, 2.45) is 0 Å². The van der Waals surface area contributed by atoms with Crippen molar-refractivity contribution in [3.63, 3.8) is 0 Å². The van der Waals surface area contributed by atoms with Gasteiger partial charge in [-0.1, -0.05) is 37.3 Å². The van der Waals surface area contributed by atoms with Gasteiger partial charge in [0.15, 0.2) is 18.1 Å². The molecule has 0 fully saturated rings. The van der Waals surface area contributed by atoms with Gasteiger partial charge in [0.25, 0.3) is 5.91 Å². The summed E-state index contributed by atoms with van der Waals surface area (Å²) < 4.78 is 10.9. The number of fused-ring (bicyclic) bond motifs is 1. The Labute approximate surface area is 155 Å². The third-order valence-corrected chi connectivity index (χ3v) is 4.95. The van der Waals surface area contributed by atoms with Gasteiger partial charge in [0.05, 0.1) is 13.2 Å². The van der Waals surface area contributed by atoms with E-state index < -0.39 is 0 Å². The number of nitrogens with one attached hydrogen (secondary N) is 1. The van der Waals surface area contributed by atoms with Gasteiger partial charge in [0.1, 0.15) is 0 Å². The molecule has 1 amide bonds. The number of carbonyl (C=O) groups is 1. The number of rotatable bonds is 7. The third kappa shape index (κ3) is 4.37. The molecule has 3 rings (SSSR count). The molecule has 0 saturated carbocycles. The van der Waals surface area contributed by atoms with Gasteiger partial charge in [0, 0.05) is 0 Å². The molecule has 26 heavy (non-hydrogen) atoms. The molecule has 2 aromatic rings. The van der Waals surface area contributed by atoms with E-state index in [0.717, 1.165) is 12.8 Å². The van der Waals surface area contributed by atoms with E-state index in [2.05, 4.69) is 30.4 Å². The highest BCUT2D eigenvalue weighted by Crippen LogP contribution is 2.27. The first-order chi connectivity index (χ1) is 12.7. The number of ether oxygens (including phenoxy) is 2. The van der Waals surface area contributed by atoms with Crippen LogP contribution in [-0.2, 0) is 17.6 Å². The van der Waals surface area contributed by atoms with Crippen LogP contribution >= 0.6 is 0 Å². The van der Waals surface area contributed by atoms with Crippen molar-refractivity contribution in [1.82, 2.24) is 5.32 Å². The highest BCUT2D eigenvalue weighted by molar-refractivity contribution is 5.78. The van der Waals surface area contributed by atoms with Crippen molar-refractivity contribution in [2.45, 2.75) is 45.1 Å². The normalized spacial score (nSPS) is 14.2. The number of hydrogen-bond acceptors (Lipinski definition) is 3. The van der Waals surface area contributed by atoms with Crippen molar-refractivity contribution in [1.29, 1.82) is 0 Å². The molecule has 0 heterocycles. The van der Waals surface area contributed by atoms with Gasteiger partial charge in [-0.15, -0.1) is 0 Å². The van der Waals surface area contributed by atoms with Gasteiger partial charge in [-0.05, 0) is 60.9 Å². The number of benzene rings is 2. The lowest BCUT2D eigenvalue weighted by Gasteiger charge is -2.22. The molecule has 0 aliphatic heterocycles. The van der Waals surface area contributed by atoms with Crippen molar-refractivity contribution in [2.75, 3.05) is 13.7 Å². The minimum Gasteiger partial charge on any atom is -0.493 e. The Hall–Kier alpha value is -2.49. The number of methoxy groups -OCH3 is 1. The fourth-order valence-electron chi connectivity index (χ4n) is 3.51. The molecule has 138 valence electrons. The summed E-state index contributed by atoms with van der Waals surface area (Å²) in [6.45, 7) is 2.06. The van der Waals surface area contributed by atoms with Crippen molar-refractivity contribution in [3.8, 4) is 11.5 Å². The van der Waals surface area contributed by atoms with Crippen molar-refractivity contribution >= 4 is 5.91 Å². The molecular weight excluding hydrogens is 326 g/mol. The molecule has 4 heteroatoms. The average molecular weight is 353 g/mol. The van der Waals surface area contributed by atoms with Gasteiger partial charge >= 0.3 is 0 Å². The van der Waals surface area contributed by atoms with Crippen LogP contribution in [-0.4, -0.2) is 19.6 Å². The number of hydrogen-bond donors (Lipinski definition) is 1. The predicted octanol–water partition coefficient (Wildman–Crippen LogP) is 4.22. The summed E-state index contributed by atoms with van der Waals surface area (Å²) in [6, 6.07) is 14.0. The fraction of sp³-hybridized carbons (Fsp3) is 0.409. The largest absolute Gasteiger partial charge is 0.493 e. The predicted molar refractivity (Wildman–Crippen MR) is 103 cm³/mol. The lowest BCUT2D eigenvalue weighted by Crippen LogP contribution is -2.32. The van der Waals surface area contributed by atoms with Crippen LogP contribution in [0, 0.1) is 0 Å². The molecule has 1 aliphatic rings. The van der Waals surface area contributed by atoms with Crippen LogP contribution < -0.4 is 14.8 Å². The molecule has 0 aromatic heterocycles. The topological polar surface area (TPSA) is 47.6 Å². The molecule has 0 unspecified atom stereocenters. The van der Waals surface area contributed by atoms with Crippen LogP contribution in [0.3, 0.4) is 0 Å². The maximum absolute atomic E-state index is 12.4. The number of para-hydroxylation sites is 2. The zero-order valence-electron chi connectivity index (χ0n) is 15.6. The van der Waals surface area contributed by atoms with Gasteiger partial charge in [-0.3, -0.25) is 4.79 Å². The van der Waals surface area contributed by atoms with Crippen molar-refractivity contribution < 1.29 is 14.3 Å². The first-order valence-electron chi connectivity index (χ1n) is 9.38. The molecule has 0 radical (unpaired) electrons. The average Bonchev–Trinajstić information content (AvgIpc) is 2.70. The third-order valence-electron chi connectivity index (χ3n) is 4.95. The van der Waals surface area contributed by atoms with Gasteiger partial charge in [0.2, 0.25) is 0 Å². The minimum atomic E-state index is -0.125. The van der Waals surface area contributed by atoms with E-state index in [-0.39, 0.29) is 18.6 Å². The molecule has 1 atom stereocenters. The van der Waals surface area contributed by atoms with E-state index in [1.807, 2.05) is 18.2 Å². The lowest BCUT2D eigenvalue weighted by molar-refractivity contribution is -0.123. The molecular formula is C22H27NO3. The summed E-state index contributed by atoms with van der Waals surface area (Å²) in [4.78, 5) is 12.4. The maximum atomic E-state index is 12.4. The van der Waals surface area contributed by atoms with Crippen LogP contribution in [0.4, 0.5) is 0 Å². The first-order valence-corrected chi connectivity index (χ1v) is 9.38. The monoisotopic (exact) mass is 353 g/mol. The summed E-state index contributed by atoms with van der Waals surface area (Å²) in [5.41, 5.74) is 4.08. The second-order valence-electron chi connectivity index (χ2n) is 6.70. The molecule has 1 N–H and O–H groups in total. The maximum Gasteiger partial charge on any atom is 0.258 e. The quantitative estimate of drug-likeness (QED) is 0.811. The Balaban J connectivity index is 1.61. The van der Waals surface area contributed by atoms with Crippen LogP contribution in [0.25, 0.3) is 0 Å². The zero-order chi connectivity index (χ0) is 18.4. The Morgan fingerprint density at radius 3 is 2.54 bits per heavy atom. The second-order valence-corrected chi connectivity index (χ2v) is 6.70. The Morgan fingerprint density at radius 1 is 1.08 bits per heavy atom. The molecule has 4 nitrogen and oxygen atoms in total. The van der Waals surface area contributed by atoms with Gasteiger partial charge < -0.3 is 14.8 Å².